The maximum absolute atomic E-state index is 13.9. The van der Waals surface area contributed by atoms with Crippen LogP contribution in [-0.2, 0) is 61.2 Å². The normalized spacial score (nSPS) is 11.3. The van der Waals surface area contributed by atoms with E-state index in [9.17, 15) is 122 Å². The summed E-state index contributed by atoms with van der Waals surface area (Å²) in [6.45, 7) is 4.77. The van der Waals surface area contributed by atoms with Gasteiger partial charge in [-0.25, -0.2) is 0 Å². The third-order valence-electron chi connectivity index (χ3n) is 24.0. The number of nitrogens with one attached hydrogen (secondary N) is 9. The molecule has 8 heterocycles. The molecule has 19 N–H and O–H groups in total. The van der Waals surface area contributed by atoms with Crippen LogP contribution < -0.4 is 98.1 Å². The quantitative estimate of drug-likeness (QED) is 0.00879. The van der Waals surface area contributed by atoms with Crippen LogP contribution in [0.4, 0.5) is 11.4 Å². The van der Waals surface area contributed by atoms with Gasteiger partial charge >= 0.3 is 0 Å². The first kappa shape index (κ1) is 117. The minimum atomic E-state index is -0.786. The smallest absolute Gasteiger partial charge is 0.293 e. The monoisotopic (exact) mass is 2090 g/mol. The molecule has 0 bridgehead atoms. The Balaban J connectivity index is 0.000000362. The molecule has 0 spiro atoms. The number of Topliss-reactive ketones (excluding diaryl/α,β-unsaturated/α-hetero) is 2. The van der Waals surface area contributed by atoms with Crippen molar-refractivity contribution < 1.29 is 84.0 Å². The zero-order valence-corrected chi connectivity index (χ0v) is 84.9. The number of aliphatic imine (C=N–C) groups is 1. The Labute approximate surface area is 858 Å². The molecule has 8 aromatic heterocycles. The molecule has 148 heavy (non-hydrogen) atoms. The predicted molar refractivity (Wildman–Crippen MR) is 555 cm³/mol. The van der Waals surface area contributed by atoms with Gasteiger partial charge in [0.25, 0.3) is 79.9 Å². The molecule has 0 radical (unpaired) electrons. The molecule has 9 rings (SSSR count). The number of pyridine rings is 8. The summed E-state index contributed by atoms with van der Waals surface area (Å²) in [5.41, 5.74) is -0.731. The lowest BCUT2D eigenvalue weighted by Crippen LogP contribution is -2.49. The third kappa shape index (κ3) is 34.4. The Bertz CT molecular complexity index is 6420. The van der Waals surface area contributed by atoms with Crippen molar-refractivity contribution in [2.45, 2.75) is 57.4 Å². The standard InChI is InChI=1S/C50H61N13O12S2.C47H65N11O13/c1-58-20-12-34(38(64)46(58)72)42(68)51-17-24-62(25-18-52-43(69)35-13-21-59(2)47(73)39(35)65)27-28-63(26-19-53-44(70)36-14-22-60(3)48(74)40(36)66)29-33(56-45(71)37-15-23-61(4)49(75)41(37)67)7-5-6-16-54-50(77)57-32-10-8-31(9-11-32)55-30-76;1-52-20-10-31(38(62)44(52)68)35(59)7-5-18-56(25-16-50-42(66)33-12-22-54(3)46(70)40(33)64)27-29-58(24-15-49-37(61)9-14-48)30-28-57(19-6-8-36(60)32-11-21-53(2)45(69)39(32)63)26-17-51-43(67)34-13-23-55(4)47(71)41(34)65/h8-15,20-23,33,64-67H,5-7,16-19,24-29H2,1-4H3,(H,51,68)(H,52,69)(H,53,70)(H,56,71)(H2,54,57,77);10-13,20-23,62-65H,5-9,14-19,24-30,48H2,1-4H3,(H,49,61)(H,50,66)(H,51,67). The molecular formula is C97H126N24O25S2. The van der Waals surface area contributed by atoms with E-state index < -0.39 is 144 Å². The van der Waals surface area contributed by atoms with E-state index in [4.69, 9.17) is 18.0 Å². The molecule has 7 amide bonds. The van der Waals surface area contributed by atoms with Gasteiger partial charge in [0.15, 0.2) is 62.7 Å². The highest BCUT2D eigenvalue weighted by atomic mass is 32.1. The number of unbranched alkanes of at least 4 members (excludes halogenated alkanes) is 1. The van der Waals surface area contributed by atoms with Crippen LogP contribution in [0.1, 0.15) is 134 Å². The number of amides is 7. The number of ketones is 2. The van der Waals surface area contributed by atoms with Gasteiger partial charge in [-0.2, -0.15) is 4.99 Å². The third-order valence-corrected chi connectivity index (χ3v) is 24.4. The van der Waals surface area contributed by atoms with Crippen molar-refractivity contribution in [1.82, 2.24) is 104 Å². The summed E-state index contributed by atoms with van der Waals surface area (Å²) in [4.78, 5) is 231. The van der Waals surface area contributed by atoms with Gasteiger partial charge in [-0.1, -0.05) is 0 Å². The molecule has 0 aliphatic carbocycles. The van der Waals surface area contributed by atoms with Crippen LogP contribution in [-0.4, -0.2) is 322 Å². The first-order valence-electron chi connectivity index (χ1n) is 47.1. The summed E-state index contributed by atoms with van der Waals surface area (Å²) in [6, 6.07) is 16.9. The number of anilines is 1. The van der Waals surface area contributed by atoms with Crippen molar-refractivity contribution in [3.63, 3.8) is 0 Å². The molecule has 9 aromatic rings. The molecule has 1 aromatic carbocycles. The van der Waals surface area contributed by atoms with E-state index in [0.29, 0.717) is 88.1 Å². The largest absolute Gasteiger partial charge is 0.503 e. The second-order valence-corrected chi connectivity index (χ2v) is 35.2. The van der Waals surface area contributed by atoms with Gasteiger partial charge < -0.3 is 141 Å². The molecule has 51 heteroatoms. The molecule has 49 nitrogen and oxygen atoms in total. The van der Waals surface area contributed by atoms with Gasteiger partial charge in [-0.05, 0) is 142 Å². The number of nitrogens with zero attached hydrogens (tertiary/aromatic N) is 14. The van der Waals surface area contributed by atoms with E-state index in [-0.39, 0.29) is 181 Å². The fourth-order valence-electron chi connectivity index (χ4n) is 15.2. The highest BCUT2D eigenvalue weighted by Crippen LogP contribution is 2.22. The van der Waals surface area contributed by atoms with Crippen molar-refractivity contribution in [2.24, 2.45) is 67.1 Å². The fraction of sp³-hybridized carbons (Fsp3) is 0.412. The topological polar surface area (TPSA) is 654 Å². The zero-order chi connectivity index (χ0) is 109. The zero-order valence-electron chi connectivity index (χ0n) is 83.2. The summed E-state index contributed by atoms with van der Waals surface area (Å²) in [5, 5.41) is 112. The Morgan fingerprint density at radius 2 is 0.588 bits per heavy atom. The van der Waals surface area contributed by atoms with E-state index in [2.05, 4.69) is 75.1 Å². The van der Waals surface area contributed by atoms with E-state index in [1.165, 1.54) is 154 Å². The van der Waals surface area contributed by atoms with Gasteiger partial charge in [0.2, 0.25) is 5.91 Å². The first-order valence-corrected chi connectivity index (χ1v) is 48.0. The Kier molecular flexibility index (Phi) is 45.8. The molecule has 0 fully saturated rings. The average molecular weight is 2090 g/mol. The first-order chi connectivity index (χ1) is 70.4. The van der Waals surface area contributed by atoms with Gasteiger partial charge in [-0.3, -0.25) is 96.2 Å². The maximum Gasteiger partial charge on any atom is 0.293 e. The summed E-state index contributed by atoms with van der Waals surface area (Å²) < 4.78 is 9.01. The second-order valence-electron chi connectivity index (χ2n) is 34.6. The summed E-state index contributed by atoms with van der Waals surface area (Å²) in [6.07, 6.45) is 12.9. The molecular weight excluding hydrogens is 1970 g/mol. The van der Waals surface area contributed by atoms with Crippen LogP contribution in [0.15, 0.2) is 166 Å². The number of benzene rings is 1. The predicted octanol–water partition coefficient (Wildman–Crippen LogP) is -1.65. The second kappa shape index (κ2) is 57.7. The van der Waals surface area contributed by atoms with Crippen molar-refractivity contribution in [1.29, 1.82) is 0 Å². The van der Waals surface area contributed by atoms with Crippen LogP contribution in [0.5, 0.6) is 46.0 Å². The Morgan fingerprint density at radius 1 is 0.324 bits per heavy atom. The van der Waals surface area contributed by atoms with E-state index >= 15 is 0 Å². The average Bonchev–Trinajstić information content (AvgIpc) is 0.815. The Morgan fingerprint density at radius 3 is 0.892 bits per heavy atom. The maximum atomic E-state index is 13.9. The van der Waals surface area contributed by atoms with Crippen LogP contribution in [0.2, 0.25) is 0 Å². The number of hydrogen-bond acceptors (Lipinski definition) is 34. The van der Waals surface area contributed by atoms with Crippen molar-refractivity contribution >= 4 is 99.0 Å². The number of carbonyl (C=O) groups is 9. The molecule has 796 valence electrons. The van der Waals surface area contributed by atoms with Gasteiger partial charge in [-0.15, -0.1) is 0 Å². The van der Waals surface area contributed by atoms with E-state index in [1.54, 1.807) is 24.3 Å². The lowest BCUT2D eigenvalue weighted by molar-refractivity contribution is -0.121. The van der Waals surface area contributed by atoms with Crippen molar-refractivity contribution in [3.05, 3.63) is 250 Å². The summed E-state index contributed by atoms with van der Waals surface area (Å²) in [7, 11) is 11.4. The van der Waals surface area contributed by atoms with Gasteiger partial charge in [0.1, 0.15) is 0 Å². The number of aromatic nitrogens is 8. The van der Waals surface area contributed by atoms with Gasteiger partial charge in [0, 0.05) is 274 Å². The molecule has 0 saturated heterocycles. The fourth-order valence-corrected chi connectivity index (χ4v) is 15.5. The summed E-state index contributed by atoms with van der Waals surface area (Å²) in [5.74, 6) is -11.1. The van der Waals surface area contributed by atoms with Crippen LogP contribution in [0, 0.1) is 0 Å². The van der Waals surface area contributed by atoms with Crippen LogP contribution in [0.3, 0.4) is 0 Å². The molecule has 1 unspecified atom stereocenters. The highest BCUT2D eigenvalue weighted by Gasteiger charge is 2.28. The lowest BCUT2D eigenvalue weighted by Gasteiger charge is -2.31. The number of thiocarbonyl (C=S) groups is 2. The Hall–Kier alpha value is -15.9. The number of nitrogens with two attached hydrogens (primary N) is 1. The molecule has 0 aliphatic heterocycles. The number of isothiocyanates is 1. The van der Waals surface area contributed by atoms with Gasteiger partial charge in [0.05, 0.1) is 55.4 Å². The highest BCUT2D eigenvalue weighted by molar-refractivity contribution is 7.80. The van der Waals surface area contributed by atoms with Crippen molar-refractivity contribution in [3.8, 4) is 46.0 Å². The molecule has 0 saturated carbocycles. The van der Waals surface area contributed by atoms with E-state index in [0.717, 1.165) is 36.5 Å². The minimum Gasteiger partial charge on any atom is -0.503 e. The molecule has 1 atom stereocenters. The lowest BCUT2D eigenvalue weighted by atomic mass is 10.1. The minimum absolute atomic E-state index is 0.0194. The SMILES string of the molecule is Cn1ccc(C(=O)CCCN(CCNC(=O)c2ccn(C)c(=O)c2O)CCN(CCNC(=O)CCN)CCN(CCCC(=O)c2ccn(C)c(=O)c2O)CCNC(=O)c2ccn(C)c(=O)c2O)c(O)c1=O.Cn1ccc(C(=O)NCCN(CCNC(=O)c2ccn(C)c(=O)c2O)CCN(CCNC(=O)c2ccn(C)c(=O)c2O)CC(CCCCNC(=S)Nc2ccc(N=C=S)cc2)NC(=O)c2ccn(C)c(=O)c2O)c(O)c1=O. The summed E-state index contributed by atoms with van der Waals surface area (Å²) >= 11 is 10.2. The number of aromatic hydroxyl groups is 8. The van der Waals surface area contributed by atoms with E-state index in [1.807, 2.05) is 19.6 Å². The van der Waals surface area contributed by atoms with Crippen LogP contribution >= 0.6 is 24.4 Å². The number of hydrogen-bond donors (Lipinski definition) is 18. The molecule has 0 aliphatic rings. The number of rotatable bonds is 55. The van der Waals surface area contributed by atoms with Crippen molar-refractivity contribution in [2.75, 3.05) is 156 Å². The number of carbonyl (C=O) groups excluding carboxylic acids is 9. The van der Waals surface area contributed by atoms with Crippen LogP contribution in [0.25, 0.3) is 0 Å². The number of aryl methyl sites for hydroxylation is 8.